The Bertz CT molecular complexity index is 732. The quantitative estimate of drug-likeness (QED) is 0.0997. The number of nitrogens with two attached hydrogens (primary N) is 1. The Morgan fingerprint density at radius 3 is 2.56 bits per heavy atom. The molecule has 13 nitrogen and oxygen atoms in total. The van der Waals surface area contributed by atoms with Crippen molar-refractivity contribution >= 4 is 56.4 Å². The number of aromatic nitrogens is 2. The minimum Gasteiger partial charge on any atom is -0.416 e. The SMILES string of the molecule is NO[S-](=O)=NCCn1cc(COP(=O)(NCCBr)NCCBr)nc1[N+](=O)[O-]. The minimum atomic E-state index is -3.35. The van der Waals surface area contributed by atoms with Crippen molar-refractivity contribution in [1.29, 1.82) is 0 Å². The highest BCUT2D eigenvalue weighted by Gasteiger charge is 2.25. The molecule has 156 valence electrons. The van der Waals surface area contributed by atoms with Gasteiger partial charge in [0.15, 0.2) is 5.69 Å². The van der Waals surface area contributed by atoms with E-state index in [1.165, 1.54) is 10.8 Å². The molecule has 0 aliphatic heterocycles. The van der Waals surface area contributed by atoms with Gasteiger partial charge in [0.1, 0.15) is 12.8 Å². The van der Waals surface area contributed by atoms with Crippen LogP contribution in [0, 0.1) is 10.1 Å². The maximum Gasteiger partial charge on any atom is 0.434 e. The maximum atomic E-state index is 12.7. The molecule has 0 fully saturated rings. The largest absolute Gasteiger partial charge is 0.434 e. The van der Waals surface area contributed by atoms with E-state index in [9.17, 15) is 18.9 Å². The summed E-state index contributed by atoms with van der Waals surface area (Å²) >= 11 is 6.44. The number of nitro groups is 1. The lowest BCUT2D eigenvalue weighted by molar-refractivity contribution is -0.396. The molecule has 17 heteroatoms. The standard InChI is InChI=1S/C10H19Br2N7O6PS/c11-1-3-14-26(22,15-4-2-12)24-8-9-7-18(10(17-9)19(20)21)6-5-16-27(23)25-13/h7H,1-6,8,13H2,(H2,14,15,22)/q-1. The normalized spacial score (nSPS) is 13.1. The second-order valence-electron chi connectivity index (χ2n) is 4.67. The topological polar surface area (TPSA) is 176 Å². The molecule has 1 rings (SSSR count). The first kappa shape index (κ1) is 24.6. The van der Waals surface area contributed by atoms with Crippen LogP contribution in [0.2, 0.25) is 0 Å². The van der Waals surface area contributed by atoms with E-state index >= 15 is 0 Å². The van der Waals surface area contributed by atoms with Gasteiger partial charge in [-0.3, -0.25) is 9.09 Å². The molecule has 1 heterocycles. The van der Waals surface area contributed by atoms with Crippen molar-refractivity contribution in [3.63, 3.8) is 0 Å². The fourth-order valence-corrected chi connectivity index (χ4v) is 4.50. The molecule has 0 radical (unpaired) electrons. The summed E-state index contributed by atoms with van der Waals surface area (Å²) in [4.78, 5) is 14.3. The van der Waals surface area contributed by atoms with Crippen molar-refractivity contribution < 1.29 is 22.5 Å². The summed E-state index contributed by atoms with van der Waals surface area (Å²) in [5, 5.41) is 17.8. The van der Waals surface area contributed by atoms with E-state index in [-0.39, 0.29) is 25.4 Å². The highest BCUT2D eigenvalue weighted by atomic mass is 79.9. The molecular formula is C10H19Br2N7O6PS-. The molecule has 0 aromatic carbocycles. The van der Waals surface area contributed by atoms with Crippen LogP contribution in [0.25, 0.3) is 0 Å². The lowest BCUT2D eigenvalue weighted by Crippen LogP contribution is -2.26. The highest BCUT2D eigenvalue weighted by molar-refractivity contribution is 9.09. The van der Waals surface area contributed by atoms with Gasteiger partial charge in [0.25, 0.3) is 0 Å². The third kappa shape index (κ3) is 9.06. The van der Waals surface area contributed by atoms with E-state index in [2.05, 4.69) is 55.7 Å². The van der Waals surface area contributed by atoms with Crippen LogP contribution in [-0.2, 0) is 41.6 Å². The zero-order chi connectivity index (χ0) is 20.3. The summed E-state index contributed by atoms with van der Waals surface area (Å²) in [6.07, 6.45) is 1.37. The molecule has 0 bridgehead atoms. The molecule has 0 aliphatic rings. The number of nitrogens with zero attached hydrogens (tertiary/aromatic N) is 4. The fraction of sp³-hybridized carbons (Fsp3) is 0.700. The molecule has 0 spiro atoms. The van der Waals surface area contributed by atoms with Gasteiger partial charge in [-0.15, -0.1) is 0 Å². The zero-order valence-corrected chi connectivity index (χ0v) is 18.8. The van der Waals surface area contributed by atoms with Crippen LogP contribution in [0.4, 0.5) is 5.95 Å². The summed E-state index contributed by atoms with van der Waals surface area (Å²) in [5.41, 5.74) is 0.208. The number of nitrogens with one attached hydrogen (secondary N) is 2. The van der Waals surface area contributed by atoms with Crippen molar-refractivity contribution in [3.8, 4) is 0 Å². The number of hydrogen-bond donors (Lipinski definition) is 3. The van der Waals surface area contributed by atoms with Crippen LogP contribution >= 0.6 is 39.5 Å². The van der Waals surface area contributed by atoms with Crippen LogP contribution in [0.15, 0.2) is 10.6 Å². The van der Waals surface area contributed by atoms with Crippen LogP contribution < -0.4 is 16.1 Å². The first-order chi connectivity index (χ1) is 12.8. The van der Waals surface area contributed by atoms with Crippen LogP contribution in [0.3, 0.4) is 0 Å². The van der Waals surface area contributed by atoms with Gasteiger partial charge in [0.2, 0.25) is 0 Å². The zero-order valence-electron chi connectivity index (χ0n) is 14.0. The average molecular weight is 556 g/mol. The summed E-state index contributed by atoms with van der Waals surface area (Å²) in [6, 6.07) is 0. The molecule has 0 saturated heterocycles. The van der Waals surface area contributed by atoms with Gasteiger partial charge >= 0.3 is 13.6 Å². The van der Waals surface area contributed by atoms with Crippen LogP contribution in [0.1, 0.15) is 5.69 Å². The van der Waals surface area contributed by atoms with Crippen molar-refractivity contribution in [2.75, 3.05) is 30.3 Å². The molecule has 1 aromatic rings. The van der Waals surface area contributed by atoms with Crippen molar-refractivity contribution in [1.82, 2.24) is 19.7 Å². The van der Waals surface area contributed by atoms with Crippen molar-refractivity contribution in [2.45, 2.75) is 13.2 Å². The van der Waals surface area contributed by atoms with Crippen molar-refractivity contribution in [3.05, 3.63) is 22.0 Å². The van der Waals surface area contributed by atoms with Gasteiger partial charge in [0.05, 0.1) is 6.54 Å². The summed E-state index contributed by atoms with van der Waals surface area (Å²) in [6.45, 7) is 0.551. The first-order valence-corrected chi connectivity index (χ1v) is 12.3. The Hall–Kier alpha value is -0.450. The predicted octanol–water partition coefficient (Wildman–Crippen LogP) is 1.34. The number of alkyl halides is 2. The summed E-state index contributed by atoms with van der Waals surface area (Å²) in [5.74, 6) is 4.26. The van der Waals surface area contributed by atoms with Gasteiger partial charge in [-0.2, -0.15) is 0 Å². The third-order valence-corrected chi connectivity index (χ3v) is 5.94. The predicted molar refractivity (Wildman–Crippen MR) is 105 cm³/mol. The second-order valence-corrected chi connectivity index (χ2v) is 9.13. The van der Waals surface area contributed by atoms with E-state index in [0.29, 0.717) is 23.7 Å². The molecular weight excluding hydrogens is 537 g/mol. The molecule has 0 atom stereocenters. The van der Waals surface area contributed by atoms with E-state index in [1.54, 1.807) is 0 Å². The molecule has 0 amide bonds. The first-order valence-electron chi connectivity index (χ1n) is 7.39. The Kier molecular flexibility index (Phi) is 11.7. The van der Waals surface area contributed by atoms with Gasteiger partial charge in [0, 0.05) is 30.3 Å². The van der Waals surface area contributed by atoms with Gasteiger partial charge in [-0.05, 0) is 15.8 Å². The fourth-order valence-electron chi connectivity index (χ4n) is 1.78. The molecule has 27 heavy (non-hydrogen) atoms. The Labute approximate surface area is 174 Å². The Morgan fingerprint density at radius 1 is 1.41 bits per heavy atom. The Morgan fingerprint density at radius 2 is 2.04 bits per heavy atom. The number of rotatable bonds is 14. The van der Waals surface area contributed by atoms with Gasteiger partial charge < -0.3 is 23.0 Å². The van der Waals surface area contributed by atoms with E-state index in [0.717, 1.165) is 0 Å². The highest BCUT2D eigenvalue weighted by Crippen LogP contribution is 2.38. The third-order valence-electron chi connectivity index (χ3n) is 2.81. The molecule has 0 aliphatic carbocycles. The van der Waals surface area contributed by atoms with E-state index in [1.807, 2.05) is 0 Å². The van der Waals surface area contributed by atoms with E-state index in [4.69, 9.17) is 10.4 Å². The molecule has 4 N–H and O–H groups in total. The second kappa shape index (κ2) is 12.9. The molecule has 0 saturated carbocycles. The minimum absolute atomic E-state index is 0.0275. The number of halogens is 2. The van der Waals surface area contributed by atoms with Gasteiger partial charge in [-0.25, -0.2) is 20.6 Å². The summed E-state index contributed by atoms with van der Waals surface area (Å²) in [7, 11) is -5.37. The monoisotopic (exact) mass is 554 g/mol. The van der Waals surface area contributed by atoms with Crippen LogP contribution in [0.5, 0.6) is 0 Å². The number of hydrogen-bond acceptors (Lipinski definition) is 10. The number of imidazole rings is 1. The lowest BCUT2D eigenvalue weighted by Gasteiger charge is -2.18. The lowest BCUT2D eigenvalue weighted by atomic mass is 10.5. The molecule has 0 unspecified atom stereocenters. The Balaban J connectivity index is 2.83. The van der Waals surface area contributed by atoms with Crippen LogP contribution in [-0.4, -0.2) is 44.8 Å². The molecule has 1 aromatic heterocycles. The average Bonchev–Trinajstić information content (AvgIpc) is 3.06. The smallest absolute Gasteiger partial charge is 0.416 e. The van der Waals surface area contributed by atoms with Gasteiger partial charge in [-0.1, -0.05) is 36.8 Å². The van der Waals surface area contributed by atoms with Crippen molar-refractivity contribution in [2.24, 2.45) is 10.3 Å². The maximum absolute atomic E-state index is 12.7. The van der Waals surface area contributed by atoms with E-state index < -0.39 is 29.4 Å². The summed E-state index contributed by atoms with van der Waals surface area (Å²) < 4.78 is 37.8.